The molecular formula is C12H19N3O3. The highest BCUT2D eigenvalue weighted by atomic mass is 16.5. The minimum absolute atomic E-state index is 0.0146. The van der Waals surface area contributed by atoms with E-state index in [4.69, 9.17) is 9.84 Å². The summed E-state index contributed by atoms with van der Waals surface area (Å²) in [5.41, 5.74) is 0. The average molecular weight is 253 g/mol. The summed E-state index contributed by atoms with van der Waals surface area (Å²) in [6.45, 7) is 6.21. The van der Waals surface area contributed by atoms with Crippen molar-refractivity contribution in [3.63, 3.8) is 0 Å². The van der Waals surface area contributed by atoms with Crippen molar-refractivity contribution < 1.29 is 14.6 Å². The first-order valence-electron chi connectivity index (χ1n) is 5.92. The maximum absolute atomic E-state index is 10.5. The van der Waals surface area contributed by atoms with E-state index >= 15 is 0 Å². The lowest BCUT2D eigenvalue weighted by Crippen LogP contribution is -2.16. The minimum atomic E-state index is -0.804. The predicted octanol–water partition coefficient (Wildman–Crippen LogP) is 1.79. The molecule has 0 aliphatic carbocycles. The van der Waals surface area contributed by atoms with E-state index in [-0.39, 0.29) is 18.4 Å². The van der Waals surface area contributed by atoms with Crippen molar-refractivity contribution >= 4 is 11.9 Å². The number of hydrogen-bond acceptors (Lipinski definition) is 5. The van der Waals surface area contributed by atoms with Gasteiger partial charge in [0.25, 0.3) is 0 Å². The van der Waals surface area contributed by atoms with Gasteiger partial charge in [-0.25, -0.2) is 4.98 Å². The Morgan fingerprint density at radius 2 is 2.22 bits per heavy atom. The number of aliphatic carboxylic acids is 1. The van der Waals surface area contributed by atoms with Gasteiger partial charge in [-0.1, -0.05) is 6.92 Å². The number of anilines is 1. The highest BCUT2D eigenvalue weighted by Gasteiger charge is 2.08. The van der Waals surface area contributed by atoms with Crippen molar-refractivity contribution in [1.29, 1.82) is 0 Å². The molecule has 0 aliphatic rings. The van der Waals surface area contributed by atoms with Crippen LogP contribution in [0.5, 0.6) is 5.88 Å². The largest absolute Gasteiger partial charge is 0.481 e. The van der Waals surface area contributed by atoms with E-state index in [1.54, 1.807) is 12.3 Å². The molecule has 0 bridgehead atoms. The SMILES string of the molecule is CC(CNc1nccc(OC(C)C)n1)CC(=O)O. The highest BCUT2D eigenvalue weighted by molar-refractivity contribution is 5.67. The number of ether oxygens (including phenoxy) is 1. The van der Waals surface area contributed by atoms with Crippen molar-refractivity contribution in [1.82, 2.24) is 9.97 Å². The summed E-state index contributed by atoms with van der Waals surface area (Å²) in [6.07, 6.45) is 1.78. The molecule has 0 saturated carbocycles. The van der Waals surface area contributed by atoms with E-state index in [9.17, 15) is 4.79 Å². The first-order chi connectivity index (χ1) is 8.47. The number of rotatable bonds is 7. The number of carbonyl (C=O) groups is 1. The second-order valence-corrected chi connectivity index (χ2v) is 4.47. The molecule has 1 heterocycles. The first kappa shape index (κ1) is 14.2. The lowest BCUT2D eigenvalue weighted by Gasteiger charge is -2.12. The monoisotopic (exact) mass is 253 g/mol. The van der Waals surface area contributed by atoms with E-state index in [1.807, 2.05) is 20.8 Å². The van der Waals surface area contributed by atoms with E-state index in [0.717, 1.165) is 0 Å². The fraction of sp³-hybridized carbons (Fsp3) is 0.583. The van der Waals surface area contributed by atoms with Crippen LogP contribution in [0.1, 0.15) is 27.2 Å². The zero-order valence-electron chi connectivity index (χ0n) is 10.9. The summed E-state index contributed by atoms with van der Waals surface area (Å²) in [7, 11) is 0. The summed E-state index contributed by atoms with van der Waals surface area (Å²) in [5, 5.41) is 11.6. The fourth-order valence-electron chi connectivity index (χ4n) is 1.37. The third-order valence-corrected chi connectivity index (χ3v) is 2.12. The molecule has 0 radical (unpaired) electrons. The number of hydrogen-bond donors (Lipinski definition) is 2. The molecular weight excluding hydrogens is 234 g/mol. The van der Waals surface area contributed by atoms with E-state index in [0.29, 0.717) is 18.4 Å². The third-order valence-electron chi connectivity index (χ3n) is 2.12. The van der Waals surface area contributed by atoms with Gasteiger partial charge in [0.2, 0.25) is 11.8 Å². The van der Waals surface area contributed by atoms with E-state index in [1.165, 1.54) is 0 Å². The Balaban J connectivity index is 2.49. The molecule has 0 amide bonds. The summed E-state index contributed by atoms with van der Waals surface area (Å²) in [5.74, 6) is 0.168. The van der Waals surface area contributed by atoms with Crippen molar-refractivity contribution in [2.45, 2.75) is 33.3 Å². The highest BCUT2D eigenvalue weighted by Crippen LogP contribution is 2.11. The number of nitrogens with one attached hydrogen (secondary N) is 1. The topological polar surface area (TPSA) is 84.3 Å². The molecule has 0 aromatic carbocycles. The summed E-state index contributed by atoms with van der Waals surface area (Å²) in [6, 6.07) is 1.69. The first-order valence-corrected chi connectivity index (χ1v) is 5.92. The minimum Gasteiger partial charge on any atom is -0.481 e. The Morgan fingerprint density at radius 3 is 2.83 bits per heavy atom. The van der Waals surface area contributed by atoms with Gasteiger partial charge in [0.05, 0.1) is 6.10 Å². The van der Waals surface area contributed by atoms with Gasteiger partial charge in [-0.2, -0.15) is 4.98 Å². The van der Waals surface area contributed by atoms with Crippen LogP contribution in [-0.2, 0) is 4.79 Å². The van der Waals surface area contributed by atoms with Crippen LogP contribution in [0.3, 0.4) is 0 Å². The zero-order valence-corrected chi connectivity index (χ0v) is 10.9. The van der Waals surface area contributed by atoms with Gasteiger partial charge in [-0.05, 0) is 19.8 Å². The average Bonchev–Trinajstić information content (AvgIpc) is 2.25. The van der Waals surface area contributed by atoms with Gasteiger partial charge in [-0.3, -0.25) is 4.79 Å². The Labute approximate surface area is 106 Å². The van der Waals surface area contributed by atoms with Crippen LogP contribution in [0.4, 0.5) is 5.95 Å². The second kappa shape index (κ2) is 6.78. The van der Waals surface area contributed by atoms with Crippen LogP contribution in [0, 0.1) is 5.92 Å². The Kier molecular flexibility index (Phi) is 5.35. The van der Waals surface area contributed by atoms with Crippen LogP contribution < -0.4 is 10.1 Å². The standard InChI is InChI=1S/C12H19N3O3/c1-8(2)18-10-4-5-13-12(15-10)14-7-9(3)6-11(16)17/h4-5,8-9H,6-7H2,1-3H3,(H,16,17)(H,13,14,15). The molecule has 18 heavy (non-hydrogen) atoms. The maximum atomic E-state index is 10.5. The van der Waals surface area contributed by atoms with Gasteiger partial charge < -0.3 is 15.2 Å². The quantitative estimate of drug-likeness (QED) is 0.770. The normalized spacial score (nSPS) is 12.2. The van der Waals surface area contributed by atoms with Gasteiger partial charge in [-0.15, -0.1) is 0 Å². The molecule has 0 saturated heterocycles. The number of carboxylic acids is 1. The third kappa shape index (κ3) is 5.47. The summed E-state index contributed by atoms with van der Waals surface area (Å²) in [4.78, 5) is 18.7. The smallest absolute Gasteiger partial charge is 0.303 e. The van der Waals surface area contributed by atoms with Gasteiger partial charge in [0.15, 0.2) is 0 Å². The van der Waals surface area contributed by atoms with E-state index < -0.39 is 5.97 Å². The van der Waals surface area contributed by atoms with Gasteiger partial charge in [0, 0.05) is 25.2 Å². The van der Waals surface area contributed by atoms with Crippen LogP contribution in [0.15, 0.2) is 12.3 Å². The number of carboxylic acid groups (broad SMARTS) is 1. The zero-order chi connectivity index (χ0) is 13.5. The molecule has 0 fully saturated rings. The number of aromatic nitrogens is 2. The van der Waals surface area contributed by atoms with Crippen LogP contribution in [0.25, 0.3) is 0 Å². The molecule has 1 rings (SSSR count). The van der Waals surface area contributed by atoms with Gasteiger partial charge in [0.1, 0.15) is 0 Å². The van der Waals surface area contributed by atoms with Crippen LogP contribution >= 0.6 is 0 Å². The molecule has 0 spiro atoms. The Bertz CT molecular complexity index is 396. The van der Waals surface area contributed by atoms with Gasteiger partial charge >= 0.3 is 5.97 Å². The summed E-state index contributed by atoms with van der Waals surface area (Å²) >= 11 is 0. The summed E-state index contributed by atoms with van der Waals surface area (Å²) < 4.78 is 5.44. The van der Waals surface area contributed by atoms with Crippen LogP contribution in [0.2, 0.25) is 0 Å². The molecule has 6 nitrogen and oxygen atoms in total. The molecule has 1 atom stereocenters. The van der Waals surface area contributed by atoms with Crippen molar-refractivity contribution in [2.75, 3.05) is 11.9 Å². The second-order valence-electron chi connectivity index (χ2n) is 4.47. The molecule has 1 aromatic rings. The Hall–Kier alpha value is -1.85. The molecule has 6 heteroatoms. The lowest BCUT2D eigenvalue weighted by molar-refractivity contribution is -0.137. The van der Waals surface area contributed by atoms with Crippen LogP contribution in [-0.4, -0.2) is 33.7 Å². The van der Waals surface area contributed by atoms with Crippen molar-refractivity contribution in [3.05, 3.63) is 12.3 Å². The predicted molar refractivity (Wildman–Crippen MR) is 67.7 cm³/mol. The number of nitrogens with zero attached hydrogens (tertiary/aromatic N) is 2. The Morgan fingerprint density at radius 1 is 1.50 bits per heavy atom. The molecule has 0 aliphatic heterocycles. The lowest BCUT2D eigenvalue weighted by atomic mass is 10.1. The van der Waals surface area contributed by atoms with E-state index in [2.05, 4.69) is 15.3 Å². The molecule has 1 unspecified atom stereocenters. The molecule has 100 valence electrons. The molecule has 1 aromatic heterocycles. The fourth-order valence-corrected chi connectivity index (χ4v) is 1.37. The van der Waals surface area contributed by atoms with Crippen molar-refractivity contribution in [3.8, 4) is 5.88 Å². The molecule has 2 N–H and O–H groups in total. The van der Waals surface area contributed by atoms with Crippen molar-refractivity contribution in [2.24, 2.45) is 5.92 Å². The maximum Gasteiger partial charge on any atom is 0.303 e.